The van der Waals surface area contributed by atoms with E-state index in [1.165, 1.54) is 0 Å². The number of fused-ring (bicyclic) bond motifs is 2. The van der Waals surface area contributed by atoms with Crippen molar-refractivity contribution in [1.82, 2.24) is 14.5 Å². The number of methoxy groups -OCH3 is 1. The molecule has 33 heavy (non-hydrogen) atoms. The van der Waals surface area contributed by atoms with Gasteiger partial charge in [-0.2, -0.15) is 0 Å². The Labute approximate surface area is 192 Å². The van der Waals surface area contributed by atoms with Crippen LogP contribution < -0.4 is 15.0 Å². The summed E-state index contributed by atoms with van der Waals surface area (Å²) >= 11 is 0. The van der Waals surface area contributed by atoms with Crippen molar-refractivity contribution in [1.29, 1.82) is 5.41 Å². The summed E-state index contributed by atoms with van der Waals surface area (Å²) in [7, 11) is 1.64. The third kappa shape index (κ3) is 4.31. The van der Waals surface area contributed by atoms with E-state index in [9.17, 15) is 5.11 Å². The Hall–Kier alpha value is -3.36. The molecule has 2 N–H and O–H groups in total. The summed E-state index contributed by atoms with van der Waals surface area (Å²) in [6.45, 7) is 5.15. The van der Waals surface area contributed by atoms with Crippen LogP contribution in [-0.2, 0) is 11.3 Å². The largest absolute Gasteiger partial charge is 0.508 e. The zero-order valence-electron chi connectivity index (χ0n) is 18.7. The van der Waals surface area contributed by atoms with Crippen molar-refractivity contribution in [3.05, 3.63) is 71.0 Å². The molecule has 1 aromatic heterocycles. The Kier molecular flexibility index (Phi) is 6.02. The predicted octanol–water partition coefficient (Wildman–Crippen LogP) is 3.08. The second-order valence-corrected chi connectivity index (χ2v) is 8.34. The summed E-state index contributed by atoms with van der Waals surface area (Å²) in [5.74, 6) is 1.63. The Morgan fingerprint density at radius 2 is 1.91 bits per heavy atom. The number of aryl methyl sites for hydroxylation is 1. The maximum Gasteiger partial charge on any atom is 0.228 e. The van der Waals surface area contributed by atoms with E-state index in [0.717, 1.165) is 61.7 Å². The highest BCUT2D eigenvalue weighted by molar-refractivity contribution is 5.57. The number of benzene rings is 2. The average molecular weight is 449 g/mol. The molecule has 0 spiro atoms. The molecular weight excluding hydrogens is 420 g/mol. The molecule has 0 unspecified atom stereocenters. The molecule has 1 fully saturated rings. The van der Waals surface area contributed by atoms with Crippen LogP contribution in [0, 0.1) is 5.41 Å². The number of phenols is 1. The first-order valence-corrected chi connectivity index (χ1v) is 11.2. The molecule has 0 bridgehead atoms. The number of aromatic nitrogens is 2. The van der Waals surface area contributed by atoms with E-state index in [0.29, 0.717) is 23.7 Å². The first kappa shape index (κ1) is 21.5. The summed E-state index contributed by atoms with van der Waals surface area (Å²) in [5.41, 5.74) is 3.02. The molecule has 8 heteroatoms. The van der Waals surface area contributed by atoms with Crippen molar-refractivity contribution in [2.75, 3.05) is 40.0 Å². The molecule has 0 aliphatic carbocycles. The Morgan fingerprint density at radius 1 is 1.12 bits per heavy atom. The molecular formula is C25H28N4O4. The molecule has 8 nitrogen and oxygen atoms in total. The molecule has 1 atom stereocenters. The number of hydrogen-bond acceptors (Lipinski definition) is 7. The van der Waals surface area contributed by atoms with Crippen LogP contribution in [0.5, 0.6) is 23.1 Å². The third-order valence-corrected chi connectivity index (χ3v) is 6.32. The van der Waals surface area contributed by atoms with Crippen LogP contribution in [0.15, 0.2) is 48.8 Å². The molecule has 0 amide bonds. The maximum absolute atomic E-state index is 9.99. The average Bonchev–Trinajstić information content (AvgIpc) is 2.85. The van der Waals surface area contributed by atoms with E-state index in [-0.39, 0.29) is 11.7 Å². The fourth-order valence-electron chi connectivity index (χ4n) is 4.56. The van der Waals surface area contributed by atoms with Gasteiger partial charge in [0.05, 0.1) is 25.9 Å². The van der Waals surface area contributed by atoms with Gasteiger partial charge >= 0.3 is 0 Å². The number of morpholine rings is 1. The molecule has 0 radical (unpaired) electrons. The number of rotatable bonds is 6. The Morgan fingerprint density at radius 3 is 2.67 bits per heavy atom. The van der Waals surface area contributed by atoms with Crippen LogP contribution in [0.25, 0.3) is 0 Å². The molecule has 0 saturated carbocycles. The fraction of sp³-hybridized carbons (Fsp3) is 0.360. The van der Waals surface area contributed by atoms with Gasteiger partial charge in [-0.15, -0.1) is 0 Å². The Balaban J connectivity index is 1.49. The predicted molar refractivity (Wildman–Crippen MR) is 122 cm³/mol. The van der Waals surface area contributed by atoms with Crippen molar-refractivity contribution in [3.8, 4) is 23.1 Å². The lowest BCUT2D eigenvalue weighted by molar-refractivity contribution is 0.0369. The molecule has 172 valence electrons. The van der Waals surface area contributed by atoms with Gasteiger partial charge in [-0.3, -0.25) is 10.3 Å². The molecule has 2 aromatic carbocycles. The van der Waals surface area contributed by atoms with Gasteiger partial charge in [0, 0.05) is 43.7 Å². The van der Waals surface area contributed by atoms with Crippen LogP contribution in [0.4, 0.5) is 0 Å². The first-order valence-electron chi connectivity index (χ1n) is 11.2. The summed E-state index contributed by atoms with van der Waals surface area (Å²) in [5, 5.41) is 19.0. The highest BCUT2D eigenvalue weighted by Crippen LogP contribution is 2.46. The van der Waals surface area contributed by atoms with Crippen molar-refractivity contribution >= 4 is 0 Å². The van der Waals surface area contributed by atoms with Gasteiger partial charge < -0.3 is 23.9 Å². The SMILES string of the molecule is COc1ccc([C@H]2c3ccc(O)cc3Oc3ncn(CCCN4CCOCC4)c(=N)c32)cc1. The summed E-state index contributed by atoms with van der Waals surface area (Å²) in [6.07, 6.45) is 2.61. The van der Waals surface area contributed by atoms with E-state index in [4.69, 9.17) is 19.6 Å². The zero-order chi connectivity index (χ0) is 22.8. The quantitative estimate of drug-likeness (QED) is 0.471. The van der Waals surface area contributed by atoms with E-state index in [1.54, 1.807) is 25.6 Å². The number of aromatic hydroxyl groups is 1. The monoisotopic (exact) mass is 448 g/mol. The van der Waals surface area contributed by atoms with Crippen LogP contribution in [-0.4, -0.2) is 59.5 Å². The smallest absolute Gasteiger partial charge is 0.228 e. The van der Waals surface area contributed by atoms with E-state index >= 15 is 0 Å². The molecule has 3 heterocycles. The maximum atomic E-state index is 9.99. The van der Waals surface area contributed by atoms with Crippen molar-refractivity contribution in [3.63, 3.8) is 0 Å². The molecule has 1 saturated heterocycles. The molecule has 2 aliphatic rings. The topological polar surface area (TPSA) is 92.8 Å². The Bertz CT molecular complexity index is 1190. The second-order valence-electron chi connectivity index (χ2n) is 8.34. The van der Waals surface area contributed by atoms with Crippen molar-refractivity contribution in [2.24, 2.45) is 0 Å². The van der Waals surface area contributed by atoms with Gasteiger partial charge in [0.15, 0.2) is 0 Å². The minimum Gasteiger partial charge on any atom is -0.508 e. The van der Waals surface area contributed by atoms with Crippen LogP contribution >= 0.6 is 0 Å². The standard InChI is InChI=1S/C25H28N4O4/c1-31-19-6-3-17(4-7-19)22-20-8-5-18(30)15-21(20)33-25-23(22)24(26)29(16-27-25)10-2-9-28-11-13-32-14-12-28/h3-8,15-16,22,26,30H,2,9-14H2,1H3/t22-/m0/s1. The minimum atomic E-state index is -0.234. The zero-order valence-corrected chi connectivity index (χ0v) is 18.7. The number of nitrogens with zero attached hydrogens (tertiary/aromatic N) is 3. The van der Waals surface area contributed by atoms with Gasteiger partial charge in [0.2, 0.25) is 5.88 Å². The number of phenolic OH excluding ortho intramolecular Hbond substituents is 1. The van der Waals surface area contributed by atoms with E-state index in [1.807, 2.05) is 34.9 Å². The third-order valence-electron chi connectivity index (χ3n) is 6.32. The van der Waals surface area contributed by atoms with Crippen LogP contribution in [0.3, 0.4) is 0 Å². The molecule has 2 aliphatic heterocycles. The van der Waals surface area contributed by atoms with E-state index < -0.39 is 0 Å². The lowest BCUT2D eigenvalue weighted by atomic mass is 9.84. The van der Waals surface area contributed by atoms with Gasteiger partial charge in [-0.25, -0.2) is 4.98 Å². The van der Waals surface area contributed by atoms with Crippen LogP contribution in [0.1, 0.15) is 29.0 Å². The lowest BCUT2D eigenvalue weighted by Crippen LogP contribution is -2.37. The highest BCUT2D eigenvalue weighted by Gasteiger charge is 2.32. The summed E-state index contributed by atoms with van der Waals surface area (Å²) in [6, 6.07) is 13.0. The highest BCUT2D eigenvalue weighted by atomic mass is 16.5. The molecule has 5 rings (SSSR count). The van der Waals surface area contributed by atoms with Crippen molar-refractivity contribution in [2.45, 2.75) is 18.9 Å². The summed E-state index contributed by atoms with van der Waals surface area (Å²) < 4.78 is 18.7. The number of nitrogens with one attached hydrogen (secondary N) is 1. The fourth-order valence-corrected chi connectivity index (χ4v) is 4.56. The summed E-state index contributed by atoms with van der Waals surface area (Å²) in [4.78, 5) is 6.96. The minimum absolute atomic E-state index is 0.130. The van der Waals surface area contributed by atoms with E-state index in [2.05, 4.69) is 9.88 Å². The second kappa shape index (κ2) is 9.25. The lowest BCUT2D eigenvalue weighted by Gasteiger charge is -2.29. The van der Waals surface area contributed by atoms with Crippen LogP contribution in [0.2, 0.25) is 0 Å². The first-order chi connectivity index (χ1) is 16.1. The number of ether oxygens (including phenoxy) is 3. The van der Waals surface area contributed by atoms with Gasteiger partial charge in [0.25, 0.3) is 0 Å². The van der Waals surface area contributed by atoms with Crippen molar-refractivity contribution < 1.29 is 19.3 Å². The molecule has 3 aromatic rings. The number of hydrogen-bond donors (Lipinski definition) is 2. The van der Waals surface area contributed by atoms with Gasteiger partial charge in [-0.05, 0) is 30.2 Å². The normalized spacial score (nSPS) is 17.7. The van der Waals surface area contributed by atoms with Gasteiger partial charge in [-0.1, -0.05) is 18.2 Å². The van der Waals surface area contributed by atoms with Gasteiger partial charge in [0.1, 0.15) is 29.1 Å².